The van der Waals surface area contributed by atoms with E-state index in [1.165, 1.54) is 14.2 Å². The summed E-state index contributed by atoms with van der Waals surface area (Å²) in [5, 5.41) is 8.06. The lowest BCUT2D eigenvalue weighted by Gasteiger charge is -2.34. The van der Waals surface area contributed by atoms with Crippen molar-refractivity contribution >= 4 is 29.5 Å². The summed E-state index contributed by atoms with van der Waals surface area (Å²) in [5.74, 6) is -2.21. The maximum absolute atomic E-state index is 13.7. The molecule has 0 saturated carbocycles. The molecule has 4 atom stereocenters. The number of hydrogen-bond acceptors (Lipinski definition) is 7. The molecular weight excluding hydrogens is 450 g/mol. The van der Waals surface area contributed by atoms with Crippen LogP contribution in [0.3, 0.4) is 0 Å². The molecule has 3 amide bonds. The van der Waals surface area contributed by atoms with Gasteiger partial charge < -0.3 is 25.2 Å². The first kappa shape index (κ1) is 24.3. The number of carbonyl (C=O) groups is 3. The number of amides is 3. The van der Waals surface area contributed by atoms with Crippen molar-refractivity contribution in [2.75, 3.05) is 19.1 Å². The molecule has 9 heteroatoms. The number of anilines is 1. The number of benzene rings is 2. The average Bonchev–Trinajstić information content (AvgIpc) is 3.31. The fourth-order valence-electron chi connectivity index (χ4n) is 5.09. The first-order chi connectivity index (χ1) is 16.7. The molecular formula is C26H29N3O6. The van der Waals surface area contributed by atoms with Gasteiger partial charge in [-0.25, -0.2) is 4.90 Å². The maximum Gasteiger partial charge on any atom is 0.240 e. The third-order valence-electron chi connectivity index (χ3n) is 6.38. The molecule has 0 spiro atoms. The standard InChI is InChI=1S/C23H21N3O5.C3H8O/c1-30-13-7-8-15(16(11-13)31-2)26-22(28)17-18(23(26)29)20(21(24)27)25-10-9-12-5-3-4-6-14(12)19(17)25;1-3(2)4/h3-11,17-20H,1-2H3,(H2,24,27);3-4H,1-2H3. The SMILES string of the molecule is CC(C)O.COc1ccc(N2C(=O)C3C(C2=O)C2c4ccccc4C=CN2C3C(N)=O)c(OC)c1. The molecule has 3 N–H and O–H groups in total. The fourth-order valence-corrected chi connectivity index (χ4v) is 5.09. The third kappa shape index (κ3) is 4.01. The molecule has 0 radical (unpaired) electrons. The van der Waals surface area contributed by atoms with Crippen molar-refractivity contribution in [1.29, 1.82) is 0 Å². The molecule has 2 aromatic rings. The molecule has 2 saturated heterocycles. The quantitative estimate of drug-likeness (QED) is 0.644. The Balaban J connectivity index is 0.000000672. The van der Waals surface area contributed by atoms with Crippen LogP contribution in [0, 0.1) is 11.8 Å². The highest BCUT2D eigenvalue weighted by Crippen LogP contribution is 2.53. The minimum atomic E-state index is -0.912. The van der Waals surface area contributed by atoms with Crippen LogP contribution in [-0.4, -0.2) is 54.1 Å². The highest BCUT2D eigenvalue weighted by atomic mass is 16.5. The van der Waals surface area contributed by atoms with Crippen LogP contribution in [0.5, 0.6) is 11.5 Å². The molecule has 35 heavy (non-hydrogen) atoms. The number of imide groups is 1. The minimum Gasteiger partial charge on any atom is -0.497 e. The first-order valence-corrected chi connectivity index (χ1v) is 11.3. The Morgan fingerprint density at radius 1 is 1.03 bits per heavy atom. The molecule has 3 aliphatic heterocycles. The van der Waals surface area contributed by atoms with Crippen LogP contribution in [0.2, 0.25) is 0 Å². The van der Waals surface area contributed by atoms with Crippen LogP contribution in [0.15, 0.2) is 48.7 Å². The lowest BCUT2D eigenvalue weighted by atomic mass is 9.84. The third-order valence-corrected chi connectivity index (χ3v) is 6.38. The Labute approximate surface area is 203 Å². The summed E-state index contributed by atoms with van der Waals surface area (Å²) in [6.07, 6.45) is 3.47. The number of carbonyl (C=O) groups excluding carboxylic acids is 3. The number of hydrogen-bond donors (Lipinski definition) is 2. The predicted octanol–water partition coefficient (Wildman–Crippen LogP) is 2.09. The molecule has 0 bridgehead atoms. The van der Waals surface area contributed by atoms with Gasteiger partial charge in [-0.1, -0.05) is 24.3 Å². The molecule has 9 nitrogen and oxygen atoms in total. The molecule has 4 unspecified atom stereocenters. The van der Waals surface area contributed by atoms with Gasteiger partial charge in [0.15, 0.2) is 0 Å². The number of primary amides is 1. The van der Waals surface area contributed by atoms with Gasteiger partial charge in [0.25, 0.3) is 0 Å². The van der Waals surface area contributed by atoms with Crippen LogP contribution < -0.4 is 20.1 Å². The zero-order valence-corrected chi connectivity index (χ0v) is 20.0. The molecule has 2 fully saturated rings. The van der Waals surface area contributed by atoms with Gasteiger partial charge in [0.2, 0.25) is 17.7 Å². The van der Waals surface area contributed by atoms with E-state index in [-0.39, 0.29) is 12.0 Å². The van der Waals surface area contributed by atoms with E-state index in [1.807, 2.05) is 30.3 Å². The fraction of sp³-hybridized carbons (Fsp3) is 0.346. The molecule has 3 heterocycles. The number of ether oxygens (including phenoxy) is 2. The molecule has 0 aliphatic carbocycles. The minimum absolute atomic E-state index is 0.167. The smallest absolute Gasteiger partial charge is 0.240 e. The second-order valence-electron chi connectivity index (χ2n) is 8.88. The molecule has 5 rings (SSSR count). The van der Waals surface area contributed by atoms with Crippen molar-refractivity contribution in [3.8, 4) is 11.5 Å². The second kappa shape index (κ2) is 9.42. The lowest BCUT2D eigenvalue weighted by molar-refractivity contribution is -0.129. The van der Waals surface area contributed by atoms with E-state index in [0.717, 1.165) is 16.0 Å². The number of nitrogens with two attached hydrogens (primary N) is 1. The topological polar surface area (TPSA) is 122 Å². The highest BCUT2D eigenvalue weighted by Gasteiger charge is 2.64. The Hall–Kier alpha value is -3.85. The summed E-state index contributed by atoms with van der Waals surface area (Å²) < 4.78 is 10.6. The highest BCUT2D eigenvalue weighted by molar-refractivity contribution is 6.24. The van der Waals surface area contributed by atoms with Gasteiger partial charge in [0, 0.05) is 18.4 Å². The molecule has 184 valence electrons. The van der Waals surface area contributed by atoms with Crippen molar-refractivity contribution in [1.82, 2.24) is 4.90 Å². The Kier molecular flexibility index (Phi) is 6.53. The van der Waals surface area contributed by atoms with E-state index >= 15 is 0 Å². The van der Waals surface area contributed by atoms with E-state index in [9.17, 15) is 14.4 Å². The van der Waals surface area contributed by atoms with Gasteiger partial charge >= 0.3 is 0 Å². The van der Waals surface area contributed by atoms with Gasteiger partial charge in [0.05, 0.1) is 37.8 Å². The van der Waals surface area contributed by atoms with Crippen molar-refractivity contribution in [3.05, 3.63) is 59.8 Å². The first-order valence-electron chi connectivity index (χ1n) is 11.3. The van der Waals surface area contributed by atoms with Crippen LogP contribution in [0.25, 0.3) is 6.08 Å². The molecule has 2 aromatic carbocycles. The van der Waals surface area contributed by atoms with Crippen molar-refractivity contribution in [3.63, 3.8) is 0 Å². The number of methoxy groups -OCH3 is 2. The van der Waals surface area contributed by atoms with Gasteiger partial charge in [-0.2, -0.15) is 0 Å². The predicted molar refractivity (Wildman–Crippen MR) is 129 cm³/mol. The summed E-state index contributed by atoms with van der Waals surface area (Å²) in [6.45, 7) is 3.44. The summed E-state index contributed by atoms with van der Waals surface area (Å²) in [7, 11) is 2.98. The van der Waals surface area contributed by atoms with Crippen LogP contribution in [-0.2, 0) is 14.4 Å². The van der Waals surface area contributed by atoms with Crippen molar-refractivity contribution in [2.24, 2.45) is 17.6 Å². The van der Waals surface area contributed by atoms with Crippen molar-refractivity contribution < 1.29 is 29.0 Å². The van der Waals surface area contributed by atoms with Crippen LogP contribution in [0.1, 0.15) is 31.0 Å². The summed E-state index contributed by atoms with van der Waals surface area (Å²) >= 11 is 0. The normalized spacial score (nSPS) is 23.9. The number of rotatable bonds is 4. The summed E-state index contributed by atoms with van der Waals surface area (Å²) in [6, 6.07) is 11.2. The number of fused-ring (bicyclic) bond motifs is 5. The van der Waals surface area contributed by atoms with E-state index in [1.54, 1.807) is 43.1 Å². The summed E-state index contributed by atoms with van der Waals surface area (Å²) in [4.78, 5) is 42.5. The number of aliphatic hydroxyl groups is 1. The number of aliphatic hydroxyl groups excluding tert-OH is 1. The second-order valence-corrected chi connectivity index (χ2v) is 8.88. The number of nitrogens with zero attached hydrogens (tertiary/aromatic N) is 2. The van der Waals surface area contributed by atoms with Gasteiger partial charge in [-0.3, -0.25) is 14.4 Å². The van der Waals surface area contributed by atoms with E-state index in [2.05, 4.69) is 0 Å². The van der Waals surface area contributed by atoms with Crippen LogP contribution >= 0.6 is 0 Å². The van der Waals surface area contributed by atoms with Crippen molar-refractivity contribution in [2.45, 2.75) is 32.0 Å². The average molecular weight is 480 g/mol. The molecule has 0 aromatic heterocycles. The Morgan fingerprint density at radius 3 is 2.31 bits per heavy atom. The van der Waals surface area contributed by atoms with Gasteiger partial charge in [-0.15, -0.1) is 0 Å². The van der Waals surface area contributed by atoms with E-state index in [4.69, 9.17) is 20.3 Å². The zero-order valence-electron chi connectivity index (χ0n) is 20.0. The van der Waals surface area contributed by atoms with E-state index in [0.29, 0.717) is 17.2 Å². The van der Waals surface area contributed by atoms with Gasteiger partial charge in [-0.05, 0) is 43.2 Å². The van der Waals surface area contributed by atoms with Crippen LogP contribution in [0.4, 0.5) is 5.69 Å². The monoisotopic (exact) mass is 479 g/mol. The summed E-state index contributed by atoms with van der Waals surface area (Å²) in [5.41, 5.74) is 7.90. The van der Waals surface area contributed by atoms with Gasteiger partial charge in [0.1, 0.15) is 17.5 Å². The maximum atomic E-state index is 13.7. The Morgan fingerprint density at radius 2 is 1.69 bits per heavy atom. The van der Waals surface area contributed by atoms with E-state index < -0.39 is 35.7 Å². The Bertz CT molecular complexity index is 1190. The lowest BCUT2D eigenvalue weighted by Crippen LogP contribution is -2.46. The zero-order chi connectivity index (χ0) is 25.4. The molecule has 3 aliphatic rings. The largest absolute Gasteiger partial charge is 0.497 e.